The second-order valence-electron chi connectivity index (χ2n) is 7.97. The number of rotatable bonds is 8. The number of nitrogens with one attached hydrogen (secondary N) is 1. The van der Waals surface area contributed by atoms with Gasteiger partial charge in [0.15, 0.2) is 12.4 Å². The van der Waals surface area contributed by atoms with Crippen molar-refractivity contribution in [2.75, 3.05) is 25.1 Å². The second-order valence-corrected chi connectivity index (χ2v) is 7.97. The third kappa shape index (κ3) is 5.43. The topological polar surface area (TPSA) is 122 Å². The van der Waals surface area contributed by atoms with Crippen molar-refractivity contribution in [2.45, 2.75) is 25.4 Å². The maximum Gasteiger partial charge on any atom is 0.329 e. The lowest BCUT2D eigenvalue weighted by Gasteiger charge is -2.23. The van der Waals surface area contributed by atoms with Gasteiger partial charge in [0.05, 0.1) is 30.3 Å². The van der Waals surface area contributed by atoms with Crippen molar-refractivity contribution in [1.82, 2.24) is 10.2 Å². The fourth-order valence-corrected chi connectivity index (χ4v) is 3.89. The number of esters is 1. The van der Waals surface area contributed by atoms with Gasteiger partial charge in [-0.05, 0) is 49.2 Å². The summed E-state index contributed by atoms with van der Waals surface area (Å²) in [6.07, 6.45) is 3.98. The van der Waals surface area contributed by atoms with Crippen LogP contribution in [0.25, 0.3) is 0 Å². The maximum absolute atomic E-state index is 12.8. The quantitative estimate of drug-likeness (QED) is 0.493. The lowest BCUT2D eigenvalue weighted by atomic mass is 10.1. The molecular formula is C25H25N3O7. The first-order chi connectivity index (χ1) is 17.0. The molecule has 0 bridgehead atoms. The fourth-order valence-electron chi connectivity index (χ4n) is 3.89. The average Bonchev–Trinajstić information content (AvgIpc) is 3.67. The highest BCUT2D eigenvalue weighted by molar-refractivity contribution is 6.05. The van der Waals surface area contributed by atoms with Crippen molar-refractivity contribution in [3.63, 3.8) is 0 Å². The first-order valence-electron chi connectivity index (χ1n) is 11.1. The van der Waals surface area contributed by atoms with Crippen LogP contribution in [0.1, 0.15) is 39.5 Å². The Morgan fingerprint density at radius 2 is 1.83 bits per heavy atom. The molecular weight excluding hydrogens is 454 g/mol. The minimum Gasteiger partial charge on any atom is -0.467 e. The fraction of sp³-hybridized carbons (Fsp3) is 0.280. The van der Waals surface area contributed by atoms with Crippen LogP contribution < -0.4 is 10.2 Å². The summed E-state index contributed by atoms with van der Waals surface area (Å²) in [5.41, 5.74) is 0.647. The Bertz CT molecular complexity index is 1190. The lowest BCUT2D eigenvalue weighted by molar-refractivity contribution is -0.151. The Kier molecular flexibility index (Phi) is 7.30. The molecule has 3 aromatic rings. The summed E-state index contributed by atoms with van der Waals surface area (Å²) in [6.45, 7) is 0.0641. The Morgan fingerprint density at radius 3 is 2.57 bits per heavy atom. The number of amides is 3. The summed E-state index contributed by atoms with van der Waals surface area (Å²) in [5, 5.41) is 2.75. The van der Waals surface area contributed by atoms with Gasteiger partial charge in [0, 0.05) is 13.6 Å². The van der Waals surface area contributed by atoms with Crippen molar-refractivity contribution in [3.05, 3.63) is 78.1 Å². The molecule has 10 heteroatoms. The van der Waals surface area contributed by atoms with Crippen molar-refractivity contribution < 1.29 is 32.7 Å². The van der Waals surface area contributed by atoms with Gasteiger partial charge in [-0.3, -0.25) is 14.4 Å². The van der Waals surface area contributed by atoms with E-state index in [-0.39, 0.29) is 23.8 Å². The number of ether oxygens (including phenoxy) is 1. The van der Waals surface area contributed by atoms with Crippen molar-refractivity contribution in [2.24, 2.45) is 0 Å². The molecule has 4 rings (SSSR count). The molecule has 1 fully saturated rings. The van der Waals surface area contributed by atoms with Gasteiger partial charge >= 0.3 is 5.97 Å². The first kappa shape index (κ1) is 23.8. The van der Waals surface area contributed by atoms with E-state index in [4.69, 9.17) is 13.6 Å². The lowest BCUT2D eigenvalue weighted by Crippen LogP contribution is -2.42. The zero-order chi connectivity index (χ0) is 24.8. The number of carbonyl (C=O) groups is 4. The van der Waals surface area contributed by atoms with Gasteiger partial charge in [-0.2, -0.15) is 0 Å². The Labute approximate surface area is 201 Å². The number of hydrogen-bond donors (Lipinski definition) is 1. The normalized spacial score (nSPS) is 15.0. The highest BCUT2D eigenvalue weighted by Crippen LogP contribution is 2.23. The summed E-state index contributed by atoms with van der Waals surface area (Å²) in [5.74, 6) is -1.22. The van der Waals surface area contributed by atoms with Crippen LogP contribution in [-0.2, 0) is 20.9 Å². The smallest absolute Gasteiger partial charge is 0.329 e. The van der Waals surface area contributed by atoms with Crippen molar-refractivity contribution >= 4 is 29.4 Å². The molecule has 1 aliphatic rings. The number of carbonyl (C=O) groups excluding carboxylic acids is 4. The number of benzene rings is 1. The Balaban J connectivity index is 1.36. The number of furan rings is 2. The molecule has 1 aromatic carbocycles. The van der Waals surface area contributed by atoms with E-state index in [9.17, 15) is 19.2 Å². The van der Waals surface area contributed by atoms with Crippen LogP contribution in [0.15, 0.2) is 69.9 Å². The molecule has 0 spiro atoms. The van der Waals surface area contributed by atoms with Gasteiger partial charge < -0.3 is 28.7 Å². The van der Waals surface area contributed by atoms with E-state index in [0.717, 1.165) is 0 Å². The maximum atomic E-state index is 12.8. The standard InChI is InChI=1S/C25H25N3O7/c1-27(19-9-3-2-8-18(19)23(30)26-15-17-7-5-13-33-17)22(29)16-35-25(32)20-10-4-12-28(20)24(31)21-11-6-14-34-21/h2-3,5-9,11,13-14,20H,4,10,12,15-16H2,1H3,(H,26,30)/t20-/m0/s1. The van der Waals surface area contributed by atoms with Crippen LogP contribution in [0.4, 0.5) is 5.69 Å². The summed E-state index contributed by atoms with van der Waals surface area (Å²) >= 11 is 0. The van der Waals surface area contributed by atoms with Gasteiger partial charge in [0.2, 0.25) is 0 Å². The van der Waals surface area contributed by atoms with Crippen LogP contribution >= 0.6 is 0 Å². The van der Waals surface area contributed by atoms with Crippen LogP contribution in [0.5, 0.6) is 0 Å². The summed E-state index contributed by atoms with van der Waals surface area (Å²) in [4.78, 5) is 53.4. The molecule has 0 aliphatic carbocycles. The predicted molar refractivity (Wildman–Crippen MR) is 123 cm³/mol. The van der Waals surface area contributed by atoms with Gasteiger partial charge in [-0.25, -0.2) is 4.79 Å². The largest absolute Gasteiger partial charge is 0.467 e. The van der Waals surface area contributed by atoms with Crippen molar-refractivity contribution in [1.29, 1.82) is 0 Å². The molecule has 10 nitrogen and oxygen atoms in total. The van der Waals surface area contributed by atoms with Crippen LogP contribution in [0.2, 0.25) is 0 Å². The summed E-state index contributed by atoms with van der Waals surface area (Å²) < 4.78 is 15.6. The van der Waals surface area contributed by atoms with E-state index in [1.54, 1.807) is 42.5 Å². The number of anilines is 1. The molecule has 1 aliphatic heterocycles. The molecule has 35 heavy (non-hydrogen) atoms. The third-order valence-electron chi connectivity index (χ3n) is 5.74. The summed E-state index contributed by atoms with van der Waals surface area (Å²) in [7, 11) is 1.50. The zero-order valence-electron chi connectivity index (χ0n) is 19.1. The molecule has 1 N–H and O–H groups in total. The zero-order valence-corrected chi connectivity index (χ0v) is 19.1. The first-order valence-corrected chi connectivity index (χ1v) is 11.1. The number of likely N-dealkylation sites (N-methyl/N-ethyl adjacent to an activating group) is 1. The molecule has 2 aromatic heterocycles. The van der Waals surface area contributed by atoms with Gasteiger partial charge in [-0.1, -0.05) is 12.1 Å². The highest BCUT2D eigenvalue weighted by Gasteiger charge is 2.37. The van der Waals surface area contributed by atoms with E-state index in [1.165, 1.54) is 35.4 Å². The molecule has 0 radical (unpaired) electrons. The molecule has 1 atom stereocenters. The molecule has 1 saturated heterocycles. The van der Waals surface area contributed by atoms with Crippen LogP contribution in [0.3, 0.4) is 0 Å². The SMILES string of the molecule is CN(C(=O)COC(=O)[C@@H]1CCCN1C(=O)c1ccco1)c1ccccc1C(=O)NCc1ccco1. The van der Waals surface area contributed by atoms with E-state index in [2.05, 4.69) is 5.32 Å². The van der Waals surface area contributed by atoms with Gasteiger partial charge in [0.1, 0.15) is 11.8 Å². The molecule has 0 unspecified atom stereocenters. The van der Waals surface area contributed by atoms with Crippen LogP contribution in [0, 0.1) is 0 Å². The third-order valence-corrected chi connectivity index (χ3v) is 5.74. The number of likely N-dealkylation sites (tertiary alicyclic amines) is 1. The highest BCUT2D eigenvalue weighted by atomic mass is 16.5. The van der Waals surface area contributed by atoms with Crippen LogP contribution in [-0.4, -0.2) is 54.8 Å². The molecule has 3 amide bonds. The van der Waals surface area contributed by atoms with E-state index < -0.39 is 30.4 Å². The van der Waals surface area contributed by atoms with E-state index >= 15 is 0 Å². The number of para-hydroxylation sites is 1. The Hall–Kier alpha value is -4.34. The monoisotopic (exact) mass is 479 g/mol. The van der Waals surface area contributed by atoms with Gasteiger partial charge in [-0.15, -0.1) is 0 Å². The number of nitrogens with zero attached hydrogens (tertiary/aromatic N) is 2. The Morgan fingerprint density at radius 1 is 1.06 bits per heavy atom. The minimum absolute atomic E-state index is 0.141. The van der Waals surface area contributed by atoms with E-state index in [1.807, 2.05) is 0 Å². The molecule has 0 saturated carbocycles. The van der Waals surface area contributed by atoms with E-state index in [0.29, 0.717) is 30.8 Å². The number of hydrogen-bond acceptors (Lipinski definition) is 7. The summed E-state index contributed by atoms with van der Waals surface area (Å²) in [6, 6.07) is 12.4. The van der Waals surface area contributed by atoms with Crippen molar-refractivity contribution in [3.8, 4) is 0 Å². The minimum atomic E-state index is -0.787. The van der Waals surface area contributed by atoms with Gasteiger partial charge in [0.25, 0.3) is 17.7 Å². The second kappa shape index (κ2) is 10.7. The molecule has 3 heterocycles. The molecule has 182 valence electrons. The predicted octanol–water partition coefficient (Wildman–Crippen LogP) is 2.61. The average molecular weight is 479 g/mol.